The van der Waals surface area contributed by atoms with Crippen molar-refractivity contribution in [3.8, 4) is 0 Å². The molecule has 0 radical (unpaired) electrons. The van der Waals surface area contributed by atoms with Crippen LogP contribution in [0, 0.1) is 6.92 Å². The van der Waals surface area contributed by atoms with Crippen molar-refractivity contribution in [1.29, 1.82) is 0 Å². The molecule has 0 atom stereocenters. The van der Waals surface area contributed by atoms with Crippen molar-refractivity contribution in [2.24, 2.45) is 0 Å². The largest absolute Gasteiger partial charge is 0.398 e. The van der Waals surface area contributed by atoms with Crippen LogP contribution in [0.3, 0.4) is 0 Å². The molecule has 0 aliphatic heterocycles. The Morgan fingerprint density at radius 3 is 2.86 bits per heavy atom. The van der Waals surface area contributed by atoms with Gasteiger partial charge in [0.2, 0.25) is 0 Å². The molecule has 76 valence electrons. The van der Waals surface area contributed by atoms with E-state index in [1.165, 1.54) is 5.56 Å². The highest BCUT2D eigenvalue weighted by atomic mass is 14.8. The summed E-state index contributed by atoms with van der Waals surface area (Å²) < 4.78 is 0. The Morgan fingerprint density at radius 2 is 2.21 bits per heavy atom. The van der Waals surface area contributed by atoms with Crippen molar-refractivity contribution in [3.63, 3.8) is 0 Å². The fourth-order valence-corrected chi connectivity index (χ4v) is 1.36. The molecule has 0 aromatic heterocycles. The van der Waals surface area contributed by atoms with E-state index in [-0.39, 0.29) is 0 Å². The molecular formula is C12H18N2. The number of rotatable bonds is 4. The number of aryl methyl sites for hydroxylation is 1. The van der Waals surface area contributed by atoms with Crippen LogP contribution >= 0.6 is 0 Å². The van der Waals surface area contributed by atoms with Gasteiger partial charge >= 0.3 is 0 Å². The Hall–Kier alpha value is -1.28. The van der Waals surface area contributed by atoms with Gasteiger partial charge in [-0.2, -0.15) is 0 Å². The van der Waals surface area contributed by atoms with Crippen LogP contribution in [0.25, 0.3) is 6.08 Å². The van der Waals surface area contributed by atoms with Crippen molar-refractivity contribution in [2.75, 3.05) is 19.3 Å². The molecule has 0 amide bonds. The predicted molar refractivity (Wildman–Crippen MR) is 63.2 cm³/mol. The molecule has 0 bridgehead atoms. The summed E-state index contributed by atoms with van der Waals surface area (Å²) in [6, 6.07) is 5.99. The molecule has 1 rings (SSSR count). The van der Waals surface area contributed by atoms with Crippen LogP contribution in [0.5, 0.6) is 0 Å². The summed E-state index contributed by atoms with van der Waals surface area (Å²) in [6.45, 7) is 3.08. The Morgan fingerprint density at radius 1 is 1.43 bits per heavy atom. The maximum absolute atomic E-state index is 5.87. The van der Waals surface area contributed by atoms with Gasteiger partial charge in [0.05, 0.1) is 0 Å². The fraction of sp³-hybridized carbons (Fsp3) is 0.333. The lowest BCUT2D eigenvalue weighted by molar-refractivity contribution is 0.809. The third-order valence-corrected chi connectivity index (χ3v) is 2.20. The fourth-order valence-electron chi connectivity index (χ4n) is 1.36. The summed E-state index contributed by atoms with van der Waals surface area (Å²) >= 11 is 0. The van der Waals surface area contributed by atoms with E-state index in [1.807, 2.05) is 19.2 Å². The summed E-state index contributed by atoms with van der Waals surface area (Å²) in [5.41, 5.74) is 9.09. The number of hydrogen-bond donors (Lipinski definition) is 2. The van der Waals surface area contributed by atoms with Crippen LogP contribution in [-0.4, -0.2) is 13.6 Å². The van der Waals surface area contributed by atoms with Gasteiger partial charge in [-0.15, -0.1) is 0 Å². The van der Waals surface area contributed by atoms with E-state index in [9.17, 15) is 0 Å². The van der Waals surface area contributed by atoms with Gasteiger partial charge < -0.3 is 11.1 Å². The molecule has 3 N–H and O–H groups in total. The number of nitrogen functional groups attached to an aromatic ring is 1. The molecule has 0 aliphatic rings. The predicted octanol–water partition coefficient (Wildman–Crippen LogP) is 2.20. The van der Waals surface area contributed by atoms with E-state index in [1.54, 1.807) is 0 Å². The Balaban J connectivity index is 2.70. The third-order valence-electron chi connectivity index (χ3n) is 2.20. The Bertz CT molecular complexity index is 296. The first-order valence-corrected chi connectivity index (χ1v) is 4.92. The van der Waals surface area contributed by atoms with Crippen LogP contribution < -0.4 is 11.1 Å². The smallest absolute Gasteiger partial charge is 0.0390 e. The quantitative estimate of drug-likeness (QED) is 0.564. The minimum atomic E-state index is 0.853. The van der Waals surface area contributed by atoms with Gasteiger partial charge in [-0.25, -0.2) is 0 Å². The minimum Gasteiger partial charge on any atom is -0.398 e. The van der Waals surface area contributed by atoms with Crippen LogP contribution in [0.4, 0.5) is 5.69 Å². The topological polar surface area (TPSA) is 38.0 Å². The summed E-state index contributed by atoms with van der Waals surface area (Å²) in [4.78, 5) is 0. The van der Waals surface area contributed by atoms with E-state index in [0.717, 1.165) is 24.2 Å². The molecule has 0 aliphatic carbocycles. The molecule has 0 unspecified atom stereocenters. The second-order valence-corrected chi connectivity index (χ2v) is 3.37. The first-order valence-electron chi connectivity index (χ1n) is 4.92. The van der Waals surface area contributed by atoms with Crippen molar-refractivity contribution in [1.82, 2.24) is 5.32 Å². The molecule has 0 spiro atoms. The maximum Gasteiger partial charge on any atom is 0.0390 e. The summed E-state index contributed by atoms with van der Waals surface area (Å²) in [5.74, 6) is 0. The first-order chi connectivity index (χ1) is 6.75. The molecular weight excluding hydrogens is 172 g/mol. The molecule has 0 saturated carbocycles. The van der Waals surface area contributed by atoms with Gasteiger partial charge in [0.25, 0.3) is 0 Å². The molecule has 1 aromatic carbocycles. The van der Waals surface area contributed by atoms with Crippen molar-refractivity contribution >= 4 is 11.8 Å². The van der Waals surface area contributed by atoms with Crippen molar-refractivity contribution in [2.45, 2.75) is 13.3 Å². The second-order valence-electron chi connectivity index (χ2n) is 3.37. The SMILES string of the molecule is CNCCC=Cc1c(C)cccc1N. The van der Waals surface area contributed by atoms with Crippen LogP contribution in [-0.2, 0) is 0 Å². The van der Waals surface area contributed by atoms with Gasteiger partial charge in [-0.1, -0.05) is 24.3 Å². The van der Waals surface area contributed by atoms with Gasteiger partial charge in [0.15, 0.2) is 0 Å². The van der Waals surface area contributed by atoms with E-state index in [0.29, 0.717) is 0 Å². The zero-order chi connectivity index (χ0) is 10.4. The number of nitrogens with two attached hydrogens (primary N) is 1. The monoisotopic (exact) mass is 190 g/mol. The zero-order valence-corrected chi connectivity index (χ0v) is 8.88. The number of anilines is 1. The van der Waals surface area contributed by atoms with E-state index < -0.39 is 0 Å². The van der Waals surface area contributed by atoms with Gasteiger partial charge in [-0.3, -0.25) is 0 Å². The molecule has 2 heteroatoms. The first kappa shape index (κ1) is 10.8. The number of nitrogens with one attached hydrogen (secondary N) is 1. The van der Waals surface area contributed by atoms with Crippen molar-refractivity contribution in [3.05, 3.63) is 35.4 Å². The lowest BCUT2D eigenvalue weighted by Gasteiger charge is -2.03. The van der Waals surface area contributed by atoms with Crippen molar-refractivity contribution < 1.29 is 0 Å². The molecule has 2 nitrogen and oxygen atoms in total. The molecule has 0 heterocycles. The van der Waals surface area contributed by atoms with E-state index in [4.69, 9.17) is 5.73 Å². The highest BCUT2D eigenvalue weighted by Crippen LogP contribution is 2.17. The molecule has 1 aromatic rings. The average Bonchev–Trinajstić information content (AvgIpc) is 2.16. The Labute approximate surface area is 85.8 Å². The molecule has 0 saturated heterocycles. The lowest BCUT2D eigenvalue weighted by Crippen LogP contribution is -2.05. The van der Waals surface area contributed by atoms with Crippen LogP contribution in [0.1, 0.15) is 17.5 Å². The van der Waals surface area contributed by atoms with Crippen LogP contribution in [0.2, 0.25) is 0 Å². The van der Waals surface area contributed by atoms with E-state index >= 15 is 0 Å². The molecule has 14 heavy (non-hydrogen) atoms. The van der Waals surface area contributed by atoms with Gasteiger partial charge in [0.1, 0.15) is 0 Å². The number of hydrogen-bond acceptors (Lipinski definition) is 2. The third kappa shape index (κ3) is 2.89. The lowest BCUT2D eigenvalue weighted by atomic mass is 10.1. The normalized spacial score (nSPS) is 11.0. The summed E-state index contributed by atoms with van der Waals surface area (Å²) in [5, 5.41) is 3.10. The van der Waals surface area contributed by atoms with Crippen LogP contribution in [0.15, 0.2) is 24.3 Å². The maximum atomic E-state index is 5.87. The highest BCUT2D eigenvalue weighted by molar-refractivity contribution is 5.67. The molecule has 0 fully saturated rings. The van der Waals surface area contributed by atoms with E-state index in [2.05, 4.69) is 30.5 Å². The summed E-state index contributed by atoms with van der Waals surface area (Å²) in [6.07, 6.45) is 5.28. The minimum absolute atomic E-state index is 0.853. The zero-order valence-electron chi connectivity index (χ0n) is 8.88. The number of benzene rings is 1. The van der Waals surface area contributed by atoms with Gasteiger partial charge in [0, 0.05) is 5.69 Å². The second kappa shape index (κ2) is 5.45. The Kier molecular flexibility index (Phi) is 4.20. The average molecular weight is 190 g/mol. The highest BCUT2D eigenvalue weighted by Gasteiger charge is 1.96. The summed E-state index contributed by atoms with van der Waals surface area (Å²) in [7, 11) is 1.95. The standard InChI is InChI=1S/C12H18N2/c1-10-6-5-8-12(13)11(10)7-3-4-9-14-2/h3,5-8,14H,4,9,13H2,1-2H3. The van der Waals surface area contributed by atoms with Gasteiger partial charge in [-0.05, 0) is 44.1 Å².